The third kappa shape index (κ3) is 3.21. The average Bonchev–Trinajstić information content (AvgIpc) is 3.19. The molecule has 1 aliphatic carbocycles. The van der Waals surface area contributed by atoms with Gasteiger partial charge in [0.15, 0.2) is 5.82 Å². The highest BCUT2D eigenvalue weighted by Gasteiger charge is 2.28. The predicted octanol–water partition coefficient (Wildman–Crippen LogP) is 2.52. The van der Waals surface area contributed by atoms with Crippen molar-refractivity contribution in [2.24, 2.45) is 0 Å². The fraction of sp³-hybridized carbons (Fsp3) is 0.357. The number of amides is 2. The van der Waals surface area contributed by atoms with Crippen molar-refractivity contribution < 1.29 is 13.6 Å². The van der Waals surface area contributed by atoms with Gasteiger partial charge >= 0.3 is 6.03 Å². The minimum atomic E-state index is -0.751. The molecule has 0 spiro atoms. The summed E-state index contributed by atoms with van der Waals surface area (Å²) in [4.78, 5) is 11.8. The number of hydrogen-bond donors (Lipinski definition) is 2. The Morgan fingerprint density at radius 2 is 1.95 bits per heavy atom. The summed E-state index contributed by atoms with van der Waals surface area (Å²) in [5.74, 6) is -0.0220. The van der Waals surface area contributed by atoms with Crippen LogP contribution in [0.3, 0.4) is 0 Å². The molecule has 1 saturated carbocycles. The first kappa shape index (κ1) is 14.4. The molecule has 0 saturated heterocycles. The average molecular weight is 307 g/mol. The number of aryl methyl sites for hydroxylation is 1. The first-order valence-corrected chi connectivity index (χ1v) is 6.94. The largest absolute Gasteiger partial charge is 0.331 e. The van der Waals surface area contributed by atoms with Crippen molar-refractivity contribution in [1.82, 2.24) is 20.1 Å². The van der Waals surface area contributed by atoms with Gasteiger partial charge in [-0.15, -0.1) is 10.2 Å². The Bertz CT molecular complexity index is 691. The lowest BCUT2D eigenvalue weighted by Gasteiger charge is -2.09. The fourth-order valence-electron chi connectivity index (χ4n) is 2.30. The van der Waals surface area contributed by atoms with E-state index in [4.69, 9.17) is 0 Å². The van der Waals surface area contributed by atoms with Crippen molar-refractivity contribution in [3.05, 3.63) is 41.5 Å². The maximum atomic E-state index is 13.0. The van der Waals surface area contributed by atoms with Gasteiger partial charge in [-0.1, -0.05) is 0 Å². The fourth-order valence-corrected chi connectivity index (χ4v) is 2.30. The van der Waals surface area contributed by atoms with Crippen LogP contribution in [0, 0.1) is 18.6 Å². The number of urea groups is 1. The maximum Gasteiger partial charge on any atom is 0.319 e. The maximum absolute atomic E-state index is 13.0. The predicted molar refractivity (Wildman–Crippen MR) is 75.2 cm³/mol. The summed E-state index contributed by atoms with van der Waals surface area (Å²) in [6.07, 6.45) is 2.17. The zero-order valence-corrected chi connectivity index (χ0v) is 11.9. The number of carbonyl (C=O) groups excluding carboxylic acids is 1. The van der Waals surface area contributed by atoms with Gasteiger partial charge in [0, 0.05) is 17.8 Å². The van der Waals surface area contributed by atoms with Gasteiger partial charge < -0.3 is 15.2 Å². The van der Waals surface area contributed by atoms with E-state index < -0.39 is 17.7 Å². The number of nitrogens with zero attached hydrogens (tertiary/aromatic N) is 3. The van der Waals surface area contributed by atoms with Gasteiger partial charge in [-0.25, -0.2) is 13.6 Å². The van der Waals surface area contributed by atoms with Crippen LogP contribution in [0.15, 0.2) is 18.2 Å². The molecule has 1 aromatic heterocycles. The molecule has 8 heteroatoms. The molecular weight excluding hydrogens is 292 g/mol. The number of anilines is 1. The summed E-state index contributed by atoms with van der Waals surface area (Å²) in [6, 6.07) is 2.67. The van der Waals surface area contributed by atoms with Gasteiger partial charge in [-0.2, -0.15) is 0 Å². The smallest absolute Gasteiger partial charge is 0.319 e. The van der Waals surface area contributed by atoms with Gasteiger partial charge in [-0.3, -0.25) is 0 Å². The number of aromatic nitrogens is 3. The van der Waals surface area contributed by atoms with E-state index in [9.17, 15) is 13.6 Å². The van der Waals surface area contributed by atoms with Gasteiger partial charge in [0.05, 0.1) is 6.54 Å². The number of carbonyl (C=O) groups is 1. The molecule has 2 aromatic rings. The summed E-state index contributed by atoms with van der Waals surface area (Å²) in [5.41, 5.74) is 0.0508. The molecule has 6 nitrogen and oxygen atoms in total. The van der Waals surface area contributed by atoms with Crippen LogP contribution in [0.5, 0.6) is 0 Å². The molecule has 0 bridgehead atoms. The van der Waals surface area contributed by atoms with Crippen LogP contribution in [0.4, 0.5) is 19.3 Å². The molecular formula is C14H15F2N5O. The van der Waals surface area contributed by atoms with Crippen LogP contribution >= 0.6 is 0 Å². The Balaban J connectivity index is 1.60. The molecule has 2 amide bonds. The molecule has 0 aliphatic heterocycles. The molecule has 0 radical (unpaired) electrons. The van der Waals surface area contributed by atoms with Crippen LogP contribution in [-0.2, 0) is 6.54 Å². The monoisotopic (exact) mass is 307 g/mol. The van der Waals surface area contributed by atoms with Crippen molar-refractivity contribution in [2.45, 2.75) is 32.4 Å². The zero-order valence-electron chi connectivity index (χ0n) is 11.9. The number of nitrogens with one attached hydrogen (secondary N) is 2. The zero-order chi connectivity index (χ0) is 15.7. The Morgan fingerprint density at radius 1 is 1.27 bits per heavy atom. The molecule has 2 N–H and O–H groups in total. The Kier molecular flexibility index (Phi) is 3.74. The second kappa shape index (κ2) is 5.70. The molecule has 1 aliphatic rings. The third-order valence-corrected chi connectivity index (χ3v) is 3.38. The van der Waals surface area contributed by atoms with Crippen LogP contribution in [0.1, 0.15) is 30.5 Å². The summed E-state index contributed by atoms with van der Waals surface area (Å²) in [6.45, 7) is 2.06. The van der Waals surface area contributed by atoms with Crippen molar-refractivity contribution in [3.8, 4) is 0 Å². The van der Waals surface area contributed by atoms with E-state index in [1.807, 2.05) is 11.5 Å². The molecule has 22 heavy (non-hydrogen) atoms. The van der Waals surface area contributed by atoms with E-state index in [2.05, 4.69) is 20.8 Å². The Labute approximate surface area is 125 Å². The number of halogens is 2. The van der Waals surface area contributed by atoms with Crippen molar-refractivity contribution in [1.29, 1.82) is 0 Å². The Morgan fingerprint density at radius 3 is 2.59 bits per heavy atom. The summed E-state index contributed by atoms with van der Waals surface area (Å²) in [7, 11) is 0. The second-order valence-corrected chi connectivity index (χ2v) is 5.23. The van der Waals surface area contributed by atoms with Gasteiger partial charge in [0.25, 0.3) is 0 Å². The van der Waals surface area contributed by atoms with Crippen LogP contribution in [-0.4, -0.2) is 20.8 Å². The van der Waals surface area contributed by atoms with Crippen molar-refractivity contribution in [2.75, 3.05) is 5.32 Å². The van der Waals surface area contributed by atoms with Crippen molar-refractivity contribution >= 4 is 11.7 Å². The highest BCUT2D eigenvalue weighted by Crippen LogP contribution is 2.36. The van der Waals surface area contributed by atoms with E-state index in [0.29, 0.717) is 11.9 Å². The summed E-state index contributed by atoms with van der Waals surface area (Å²) >= 11 is 0. The van der Waals surface area contributed by atoms with Gasteiger partial charge in [0.2, 0.25) is 0 Å². The number of hydrogen-bond acceptors (Lipinski definition) is 3. The van der Waals surface area contributed by atoms with E-state index in [-0.39, 0.29) is 12.2 Å². The van der Waals surface area contributed by atoms with Crippen molar-refractivity contribution in [3.63, 3.8) is 0 Å². The molecule has 0 unspecified atom stereocenters. The third-order valence-electron chi connectivity index (χ3n) is 3.38. The van der Waals surface area contributed by atoms with E-state index in [0.717, 1.165) is 36.9 Å². The minimum absolute atomic E-state index is 0.0508. The normalized spacial score (nSPS) is 14.0. The highest BCUT2D eigenvalue weighted by molar-refractivity contribution is 5.89. The molecule has 116 valence electrons. The lowest BCUT2D eigenvalue weighted by molar-refractivity contribution is 0.251. The van der Waals surface area contributed by atoms with Gasteiger partial charge in [-0.05, 0) is 31.9 Å². The first-order chi connectivity index (χ1) is 10.5. The van der Waals surface area contributed by atoms with Crippen LogP contribution in [0.2, 0.25) is 0 Å². The first-order valence-electron chi connectivity index (χ1n) is 6.94. The standard InChI is InChI=1S/C14H15F2N5O/c1-8-19-20-13(21(8)12-2-3-12)7-17-14(22)18-11-5-9(15)4-10(16)6-11/h4-6,12H,2-3,7H2,1H3,(H2,17,18,22). The summed E-state index contributed by atoms with van der Waals surface area (Å²) in [5, 5.41) is 13.0. The molecule has 1 fully saturated rings. The van der Waals surface area contributed by atoms with Crippen LogP contribution in [0.25, 0.3) is 0 Å². The van der Waals surface area contributed by atoms with E-state index in [1.54, 1.807) is 0 Å². The number of rotatable bonds is 4. The topological polar surface area (TPSA) is 71.8 Å². The quantitative estimate of drug-likeness (QED) is 0.911. The molecule has 0 atom stereocenters. The molecule has 1 aromatic carbocycles. The lowest BCUT2D eigenvalue weighted by atomic mass is 10.3. The highest BCUT2D eigenvalue weighted by atomic mass is 19.1. The second-order valence-electron chi connectivity index (χ2n) is 5.23. The van der Waals surface area contributed by atoms with E-state index >= 15 is 0 Å². The molecule has 3 rings (SSSR count). The molecule has 1 heterocycles. The minimum Gasteiger partial charge on any atom is -0.331 e. The van der Waals surface area contributed by atoms with Crippen LogP contribution < -0.4 is 10.6 Å². The SMILES string of the molecule is Cc1nnc(CNC(=O)Nc2cc(F)cc(F)c2)n1C1CC1. The number of benzene rings is 1. The summed E-state index contributed by atoms with van der Waals surface area (Å²) < 4.78 is 28.1. The lowest BCUT2D eigenvalue weighted by Crippen LogP contribution is -2.29. The Hall–Kier alpha value is -2.51. The van der Waals surface area contributed by atoms with Gasteiger partial charge in [0.1, 0.15) is 17.5 Å². The van der Waals surface area contributed by atoms with E-state index in [1.165, 1.54) is 0 Å².